The highest BCUT2D eigenvalue weighted by Gasteiger charge is 2.19. The van der Waals surface area contributed by atoms with Gasteiger partial charge in [0.05, 0.1) is 4.92 Å². The minimum absolute atomic E-state index is 0.131. The molecule has 2 rings (SSSR count). The maximum Gasteiger partial charge on any atom is 0.327 e. The molecule has 1 N–H and O–H groups in total. The zero-order valence-electron chi connectivity index (χ0n) is 9.98. The van der Waals surface area contributed by atoms with Crippen molar-refractivity contribution in [3.05, 3.63) is 62.4 Å². The summed E-state index contributed by atoms with van der Waals surface area (Å²) in [4.78, 5) is 10.1. The van der Waals surface area contributed by atoms with Crippen LogP contribution in [-0.4, -0.2) is 4.92 Å². The van der Waals surface area contributed by atoms with E-state index in [1.54, 1.807) is 6.07 Å². The van der Waals surface area contributed by atoms with Crippen LogP contribution >= 0.6 is 15.9 Å². The second-order valence-corrected chi connectivity index (χ2v) is 4.84. The average Bonchev–Trinajstić information content (AvgIpc) is 2.33. The van der Waals surface area contributed by atoms with Crippen LogP contribution in [0.3, 0.4) is 0 Å². The van der Waals surface area contributed by atoms with Crippen LogP contribution < -0.4 is 5.32 Å². The summed E-state index contributed by atoms with van der Waals surface area (Å²) >= 11 is 3.37. The smallest absolute Gasteiger partial charge is 0.327 e. The van der Waals surface area contributed by atoms with E-state index in [4.69, 9.17) is 0 Å². The highest BCUT2D eigenvalue weighted by Crippen LogP contribution is 2.31. The molecule has 0 saturated heterocycles. The summed E-state index contributed by atoms with van der Waals surface area (Å²) in [6.45, 7) is 1.90. The third-order valence-corrected chi connectivity index (χ3v) is 3.50. The largest absolute Gasteiger partial charge is 0.350 e. The number of aryl methyl sites for hydroxylation is 1. The van der Waals surface area contributed by atoms with Gasteiger partial charge < -0.3 is 5.32 Å². The van der Waals surface area contributed by atoms with E-state index >= 15 is 0 Å². The minimum Gasteiger partial charge on any atom is -0.350 e. The average molecular weight is 325 g/mol. The maximum atomic E-state index is 13.5. The van der Waals surface area contributed by atoms with Gasteiger partial charge in [-0.2, -0.15) is 4.39 Å². The van der Waals surface area contributed by atoms with Gasteiger partial charge in [-0.25, -0.2) is 0 Å². The minimum atomic E-state index is -0.858. The van der Waals surface area contributed by atoms with Crippen LogP contribution in [0, 0.1) is 22.9 Å². The normalized spacial score (nSPS) is 10.3. The third kappa shape index (κ3) is 2.90. The molecule has 0 aliphatic carbocycles. The molecule has 0 aliphatic rings. The van der Waals surface area contributed by atoms with Crippen molar-refractivity contribution in [1.82, 2.24) is 0 Å². The number of hydrogen-bond donors (Lipinski definition) is 1. The van der Waals surface area contributed by atoms with Gasteiger partial charge in [-0.1, -0.05) is 22.0 Å². The Kier molecular flexibility index (Phi) is 3.80. The van der Waals surface area contributed by atoms with Gasteiger partial charge in [0.15, 0.2) is 0 Å². The molecule has 2 aromatic carbocycles. The Bertz CT molecular complexity index is 647. The van der Waals surface area contributed by atoms with Crippen LogP contribution in [0.2, 0.25) is 0 Å². The molecule has 6 heteroatoms. The standard InChI is InChI=1S/C13H10BrFN2O2/c1-8-7-9(5-6-10(8)14)16-12-4-2-3-11(15)13(12)17(18)19/h2-7,16H,1H3. The van der Waals surface area contributed by atoms with Crippen LogP contribution in [0.25, 0.3) is 0 Å². The van der Waals surface area contributed by atoms with Crippen LogP contribution in [0.4, 0.5) is 21.5 Å². The van der Waals surface area contributed by atoms with Gasteiger partial charge in [0.2, 0.25) is 5.82 Å². The number of rotatable bonds is 3. The van der Waals surface area contributed by atoms with Gasteiger partial charge in [-0.15, -0.1) is 0 Å². The van der Waals surface area contributed by atoms with E-state index in [1.807, 2.05) is 19.1 Å². The second-order valence-electron chi connectivity index (χ2n) is 3.98. The summed E-state index contributed by atoms with van der Waals surface area (Å²) in [5.41, 5.74) is 1.22. The van der Waals surface area contributed by atoms with Gasteiger partial charge in [-0.3, -0.25) is 10.1 Å². The van der Waals surface area contributed by atoms with Gasteiger partial charge in [0.25, 0.3) is 0 Å². The molecule has 0 amide bonds. The number of nitro benzene ring substituents is 1. The molecule has 0 fully saturated rings. The van der Waals surface area contributed by atoms with E-state index < -0.39 is 16.4 Å². The van der Waals surface area contributed by atoms with Gasteiger partial charge in [0, 0.05) is 10.2 Å². The molecular formula is C13H10BrFN2O2. The van der Waals surface area contributed by atoms with Gasteiger partial charge >= 0.3 is 5.69 Å². The Morgan fingerprint density at radius 3 is 2.68 bits per heavy atom. The summed E-state index contributed by atoms with van der Waals surface area (Å²) in [6, 6.07) is 9.36. The van der Waals surface area contributed by atoms with Crippen LogP contribution in [0.1, 0.15) is 5.56 Å². The molecular weight excluding hydrogens is 315 g/mol. The number of benzene rings is 2. The lowest BCUT2D eigenvalue weighted by molar-refractivity contribution is -0.386. The van der Waals surface area contributed by atoms with E-state index in [2.05, 4.69) is 21.2 Å². The molecule has 2 aromatic rings. The van der Waals surface area contributed by atoms with E-state index in [0.717, 1.165) is 16.1 Å². The first-order chi connectivity index (χ1) is 8.99. The molecule has 4 nitrogen and oxygen atoms in total. The lowest BCUT2D eigenvalue weighted by Gasteiger charge is -2.09. The van der Waals surface area contributed by atoms with Crippen LogP contribution in [0.5, 0.6) is 0 Å². The number of nitrogens with one attached hydrogen (secondary N) is 1. The number of nitrogens with zero attached hydrogens (tertiary/aromatic N) is 1. The highest BCUT2D eigenvalue weighted by molar-refractivity contribution is 9.10. The van der Waals surface area contributed by atoms with Crippen LogP contribution in [-0.2, 0) is 0 Å². The quantitative estimate of drug-likeness (QED) is 0.665. The Balaban J connectivity index is 2.40. The van der Waals surface area contributed by atoms with E-state index in [-0.39, 0.29) is 5.69 Å². The molecule has 0 aliphatic heterocycles. The summed E-state index contributed by atoms with van der Waals surface area (Å²) in [6.07, 6.45) is 0. The molecule has 0 saturated carbocycles. The SMILES string of the molecule is Cc1cc(Nc2cccc(F)c2[N+](=O)[O-])ccc1Br. The summed E-state index contributed by atoms with van der Waals surface area (Å²) in [5, 5.41) is 13.7. The molecule has 19 heavy (non-hydrogen) atoms. The fourth-order valence-electron chi connectivity index (χ4n) is 1.68. The number of hydrogen-bond acceptors (Lipinski definition) is 3. The molecule has 0 radical (unpaired) electrons. The van der Waals surface area contributed by atoms with E-state index in [9.17, 15) is 14.5 Å². The Morgan fingerprint density at radius 1 is 1.32 bits per heavy atom. The number of para-hydroxylation sites is 1. The number of halogens is 2. The van der Waals surface area contributed by atoms with Crippen molar-refractivity contribution in [2.24, 2.45) is 0 Å². The van der Waals surface area contributed by atoms with Crippen molar-refractivity contribution in [3.63, 3.8) is 0 Å². The van der Waals surface area contributed by atoms with Crippen molar-refractivity contribution in [1.29, 1.82) is 0 Å². The van der Waals surface area contributed by atoms with E-state index in [0.29, 0.717) is 5.69 Å². The Labute approximate surface area is 117 Å². The van der Waals surface area contributed by atoms with E-state index in [1.165, 1.54) is 12.1 Å². The summed E-state index contributed by atoms with van der Waals surface area (Å²) < 4.78 is 14.4. The van der Waals surface area contributed by atoms with Gasteiger partial charge in [-0.05, 0) is 42.8 Å². The topological polar surface area (TPSA) is 55.2 Å². The lowest BCUT2D eigenvalue weighted by atomic mass is 10.2. The van der Waals surface area contributed by atoms with Crippen molar-refractivity contribution < 1.29 is 9.31 Å². The first-order valence-electron chi connectivity index (χ1n) is 5.45. The molecule has 0 unspecified atom stereocenters. The Hall–Kier alpha value is -1.95. The molecule has 0 bridgehead atoms. The second kappa shape index (κ2) is 5.36. The first kappa shape index (κ1) is 13.5. The van der Waals surface area contributed by atoms with Crippen molar-refractivity contribution in [2.45, 2.75) is 6.92 Å². The number of nitro groups is 1. The van der Waals surface area contributed by atoms with Crippen LogP contribution in [0.15, 0.2) is 40.9 Å². The van der Waals surface area contributed by atoms with Gasteiger partial charge in [0.1, 0.15) is 5.69 Å². The molecule has 0 heterocycles. The third-order valence-electron chi connectivity index (χ3n) is 2.61. The van der Waals surface area contributed by atoms with Crippen molar-refractivity contribution in [3.8, 4) is 0 Å². The molecule has 0 atom stereocenters. The lowest BCUT2D eigenvalue weighted by Crippen LogP contribution is -1.99. The predicted octanol–water partition coefficient (Wildman–Crippen LogP) is 4.55. The molecule has 0 spiro atoms. The summed E-state index contributed by atoms with van der Waals surface area (Å²) in [5.74, 6) is -0.858. The highest BCUT2D eigenvalue weighted by atomic mass is 79.9. The van der Waals surface area contributed by atoms with Crippen molar-refractivity contribution >= 4 is 33.0 Å². The zero-order valence-corrected chi connectivity index (χ0v) is 11.6. The first-order valence-corrected chi connectivity index (χ1v) is 6.24. The number of anilines is 2. The predicted molar refractivity (Wildman–Crippen MR) is 75.2 cm³/mol. The summed E-state index contributed by atoms with van der Waals surface area (Å²) in [7, 11) is 0. The van der Waals surface area contributed by atoms with Crippen molar-refractivity contribution in [2.75, 3.05) is 5.32 Å². The fraction of sp³-hybridized carbons (Fsp3) is 0.0769. The zero-order chi connectivity index (χ0) is 14.0. The monoisotopic (exact) mass is 324 g/mol. The molecule has 98 valence electrons. The molecule has 0 aromatic heterocycles. The fourth-order valence-corrected chi connectivity index (χ4v) is 1.93. The Morgan fingerprint density at radius 2 is 2.05 bits per heavy atom. The maximum absolute atomic E-state index is 13.5.